The van der Waals surface area contributed by atoms with Gasteiger partial charge < -0.3 is 20.1 Å². The van der Waals surface area contributed by atoms with Gasteiger partial charge >= 0.3 is 0 Å². The van der Waals surface area contributed by atoms with Gasteiger partial charge in [-0.25, -0.2) is 4.68 Å². The van der Waals surface area contributed by atoms with Crippen LogP contribution in [0.1, 0.15) is 0 Å². The highest BCUT2D eigenvalue weighted by molar-refractivity contribution is 5.61. The summed E-state index contributed by atoms with van der Waals surface area (Å²) < 4.78 is 12.4. The molecule has 0 unspecified atom stereocenters. The van der Waals surface area contributed by atoms with Crippen LogP contribution in [0.3, 0.4) is 0 Å². The molecule has 0 atom stereocenters. The molecule has 134 valence electrons. The van der Waals surface area contributed by atoms with E-state index < -0.39 is 0 Å². The van der Waals surface area contributed by atoms with Gasteiger partial charge in [0, 0.05) is 30.9 Å². The van der Waals surface area contributed by atoms with Crippen LogP contribution in [0.15, 0.2) is 42.6 Å². The molecule has 3 heterocycles. The van der Waals surface area contributed by atoms with E-state index in [0.717, 1.165) is 35.9 Å². The average Bonchev–Trinajstić information content (AvgIpc) is 3.19. The third-order valence-corrected chi connectivity index (χ3v) is 4.24. The Morgan fingerprint density at radius 1 is 1.08 bits per heavy atom. The minimum absolute atomic E-state index is 0.224. The van der Waals surface area contributed by atoms with Gasteiger partial charge in [-0.3, -0.25) is 0 Å². The standard InChI is InChI=1S/C18H20N6O2/c1-25-14-4-2-3-13(11-14)15-5-6-24(22-15)17-12-16(20-18(19)21-17)23-7-9-26-10-8-23/h2-6,11-12H,7-10H2,1H3,(H2,19,20,21). The van der Waals surface area contributed by atoms with Crippen LogP contribution in [0, 0.1) is 0 Å². The summed E-state index contributed by atoms with van der Waals surface area (Å²) in [5.41, 5.74) is 7.72. The van der Waals surface area contributed by atoms with Crippen LogP contribution >= 0.6 is 0 Å². The molecule has 2 aromatic heterocycles. The molecule has 26 heavy (non-hydrogen) atoms. The molecule has 1 saturated heterocycles. The predicted octanol–water partition coefficient (Wildman–Crippen LogP) is 1.76. The summed E-state index contributed by atoms with van der Waals surface area (Å²) in [5.74, 6) is 2.43. The number of morpholine rings is 1. The smallest absolute Gasteiger partial charge is 0.224 e. The molecule has 4 rings (SSSR count). The highest BCUT2D eigenvalue weighted by Gasteiger charge is 2.15. The number of nitrogens with two attached hydrogens (primary N) is 1. The molecule has 3 aromatic rings. The molecule has 8 heteroatoms. The van der Waals surface area contributed by atoms with Gasteiger partial charge in [-0.15, -0.1) is 0 Å². The molecule has 0 spiro atoms. The molecular formula is C18H20N6O2. The molecule has 8 nitrogen and oxygen atoms in total. The number of methoxy groups -OCH3 is 1. The van der Waals surface area contributed by atoms with E-state index in [2.05, 4.69) is 20.0 Å². The number of rotatable bonds is 4. The average molecular weight is 352 g/mol. The third-order valence-electron chi connectivity index (χ3n) is 4.24. The second kappa shape index (κ2) is 7.01. The lowest BCUT2D eigenvalue weighted by atomic mass is 10.1. The van der Waals surface area contributed by atoms with Crippen molar-refractivity contribution in [2.45, 2.75) is 0 Å². The van der Waals surface area contributed by atoms with Crippen LogP contribution in [0.4, 0.5) is 11.8 Å². The highest BCUT2D eigenvalue weighted by Crippen LogP contribution is 2.23. The fourth-order valence-electron chi connectivity index (χ4n) is 2.90. The molecule has 0 amide bonds. The number of nitrogen functional groups attached to an aromatic ring is 1. The van der Waals surface area contributed by atoms with Crippen LogP contribution in [-0.2, 0) is 4.74 Å². The Morgan fingerprint density at radius 3 is 2.69 bits per heavy atom. The molecule has 0 radical (unpaired) electrons. The maximum atomic E-state index is 5.92. The predicted molar refractivity (Wildman–Crippen MR) is 98.6 cm³/mol. The molecule has 2 N–H and O–H groups in total. The number of ether oxygens (including phenoxy) is 2. The van der Waals surface area contributed by atoms with E-state index in [1.54, 1.807) is 11.8 Å². The van der Waals surface area contributed by atoms with Crippen molar-refractivity contribution in [3.8, 4) is 22.8 Å². The lowest BCUT2D eigenvalue weighted by molar-refractivity contribution is 0.122. The number of nitrogens with zero attached hydrogens (tertiary/aromatic N) is 5. The van der Waals surface area contributed by atoms with Crippen LogP contribution < -0.4 is 15.4 Å². The summed E-state index contributed by atoms with van der Waals surface area (Å²) in [6.07, 6.45) is 1.86. The monoisotopic (exact) mass is 352 g/mol. The molecule has 0 aliphatic carbocycles. The van der Waals surface area contributed by atoms with E-state index in [1.807, 2.05) is 42.6 Å². The number of hydrogen-bond acceptors (Lipinski definition) is 7. The Balaban J connectivity index is 1.65. The van der Waals surface area contributed by atoms with Gasteiger partial charge in [-0.1, -0.05) is 12.1 Å². The van der Waals surface area contributed by atoms with Gasteiger partial charge in [0.25, 0.3) is 0 Å². The van der Waals surface area contributed by atoms with E-state index in [0.29, 0.717) is 19.0 Å². The van der Waals surface area contributed by atoms with Crippen LogP contribution in [0.25, 0.3) is 17.1 Å². The Bertz CT molecular complexity index is 904. The van der Waals surface area contributed by atoms with Crippen molar-refractivity contribution in [3.63, 3.8) is 0 Å². The lowest BCUT2D eigenvalue weighted by Gasteiger charge is -2.27. The van der Waals surface area contributed by atoms with Gasteiger partial charge in [0.05, 0.1) is 26.0 Å². The molecule has 0 saturated carbocycles. The van der Waals surface area contributed by atoms with Crippen LogP contribution in [-0.4, -0.2) is 53.2 Å². The van der Waals surface area contributed by atoms with Crippen molar-refractivity contribution >= 4 is 11.8 Å². The van der Waals surface area contributed by atoms with E-state index in [9.17, 15) is 0 Å². The van der Waals surface area contributed by atoms with E-state index in [-0.39, 0.29) is 5.95 Å². The fourth-order valence-corrected chi connectivity index (χ4v) is 2.90. The molecule has 1 aliphatic heterocycles. The van der Waals surface area contributed by atoms with Crippen molar-refractivity contribution in [2.75, 3.05) is 44.0 Å². The van der Waals surface area contributed by atoms with E-state index >= 15 is 0 Å². The quantitative estimate of drug-likeness (QED) is 0.765. The SMILES string of the molecule is COc1cccc(-c2ccn(-c3cc(N4CCOCC4)nc(N)n3)n2)c1. The molecule has 1 aliphatic rings. The van der Waals surface area contributed by atoms with Crippen molar-refractivity contribution < 1.29 is 9.47 Å². The van der Waals surface area contributed by atoms with Gasteiger partial charge in [0.1, 0.15) is 11.6 Å². The summed E-state index contributed by atoms with van der Waals surface area (Å²) in [6, 6.07) is 11.6. The fraction of sp³-hybridized carbons (Fsp3) is 0.278. The van der Waals surface area contributed by atoms with E-state index in [1.165, 1.54) is 0 Å². The normalized spacial score (nSPS) is 14.4. The minimum Gasteiger partial charge on any atom is -0.497 e. The first kappa shape index (κ1) is 16.3. The lowest BCUT2D eigenvalue weighted by Crippen LogP contribution is -2.37. The zero-order valence-corrected chi connectivity index (χ0v) is 14.5. The largest absolute Gasteiger partial charge is 0.497 e. The second-order valence-corrected chi connectivity index (χ2v) is 5.92. The molecule has 1 aromatic carbocycles. The summed E-state index contributed by atoms with van der Waals surface area (Å²) in [7, 11) is 1.65. The maximum Gasteiger partial charge on any atom is 0.224 e. The third kappa shape index (κ3) is 3.31. The van der Waals surface area contributed by atoms with Gasteiger partial charge in [-0.2, -0.15) is 15.1 Å². The first-order valence-electron chi connectivity index (χ1n) is 8.41. The second-order valence-electron chi connectivity index (χ2n) is 5.92. The number of hydrogen-bond donors (Lipinski definition) is 1. The molecule has 1 fully saturated rings. The zero-order chi connectivity index (χ0) is 17.9. The molecular weight excluding hydrogens is 332 g/mol. The Hall–Kier alpha value is -3.13. The minimum atomic E-state index is 0.224. The first-order valence-corrected chi connectivity index (χ1v) is 8.41. The van der Waals surface area contributed by atoms with Crippen LogP contribution in [0.2, 0.25) is 0 Å². The van der Waals surface area contributed by atoms with Gasteiger partial charge in [0.15, 0.2) is 5.82 Å². The number of anilines is 2. The zero-order valence-electron chi connectivity index (χ0n) is 14.5. The summed E-state index contributed by atoms with van der Waals surface area (Å²) >= 11 is 0. The summed E-state index contributed by atoms with van der Waals surface area (Å²) in [6.45, 7) is 2.93. The first-order chi connectivity index (χ1) is 12.7. The maximum absolute atomic E-state index is 5.92. The Kier molecular flexibility index (Phi) is 4.40. The Morgan fingerprint density at radius 2 is 1.88 bits per heavy atom. The van der Waals surface area contributed by atoms with Crippen molar-refractivity contribution in [1.82, 2.24) is 19.7 Å². The van der Waals surface area contributed by atoms with Gasteiger partial charge in [0.2, 0.25) is 5.95 Å². The Labute approximate surface area is 151 Å². The van der Waals surface area contributed by atoms with Crippen molar-refractivity contribution in [3.05, 3.63) is 42.6 Å². The van der Waals surface area contributed by atoms with E-state index in [4.69, 9.17) is 15.2 Å². The number of benzene rings is 1. The van der Waals surface area contributed by atoms with Crippen molar-refractivity contribution in [1.29, 1.82) is 0 Å². The summed E-state index contributed by atoms with van der Waals surface area (Å²) in [5, 5.41) is 4.63. The van der Waals surface area contributed by atoms with Crippen LogP contribution in [0.5, 0.6) is 5.75 Å². The van der Waals surface area contributed by atoms with Gasteiger partial charge in [-0.05, 0) is 18.2 Å². The van der Waals surface area contributed by atoms with Crippen molar-refractivity contribution in [2.24, 2.45) is 0 Å². The topological polar surface area (TPSA) is 91.3 Å². The summed E-state index contributed by atoms with van der Waals surface area (Å²) in [4.78, 5) is 10.8. The highest BCUT2D eigenvalue weighted by atomic mass is 16.5. The molecule has 0 bridgehead atoms. The number of aromatic nitrogens is 4.